The molecule has 5 aromatic rings. The molecule has 2 N–H and O–H groups in total. The molecule has 0 aliphatic carbocycles. The molecule has 7 heteroatoms. The van der Waals surface area contributed by atoms with Gasteiger partial charge in [-0.15, -0.1) is 0 Å². The number of hydrogen-bond donors (Lipinski definition) is 1. The molecule has 0 amide bonds. The average Bonchev–Trinajstić information content (AvgIpc) is 2.92. The van der Waals surface area contributed by atoms with Crippen molar-refractivity contribution >= 4 is 27.3 Å². The number of nitrogens with two attached hydrogens (primary N) is 1. The second-order valence-corrected chi connectivity index (χ2v) is 11.7. The van der Waals surface area contributed by atoms with Gasteiger partial charge in [0, 0.05) is 21.5 Å². The van der Waals surface area contributed by atoms with Gasteiger partial charge in [-0.3, -0.25) is 0 Å². The number of hydrogen-bond acceptors (Lipinski definition) is 6. The maximum atomic E-state index is 12.9. The minimum Gasteiger partial charge on any atom is -0.457 e. The van der Waals surface area contributed by atoms with E-state index >= 15 is 0 Å². The van der Waals surface area contributed by atoms with E-state index in [1.165, 1.54) is 0 Å². The maximum absolute atomic E-state index is 12.9. The van der Waals surface area contributed by atoms with E-state index in [4.69, 9.17) is 15.2 Å². The van der Waals surface area contributed by atoms with Gasteiger partial charge in [0.2, 0.25) is 9.84 Å². The second kappa shape index (κ2) is 11.0. The second-order valence-electron chi connectivity index (χ2n) is 8.61. The summed E-state index contributed by atoms with van der Waals surface area (Å²) in [7, 11) is -3.57. The summed E-state index contributed by atoms with van der Waals surface area (Å²) < 4.78 is 37.5. The van der Waals surface area contributed by atoms with Crippen LogP contribution in [0.5, 0.6) is 23.0 Å². The topological polar surface area (TPSA) is 78.6 Å². The highest BCUT2D eigenvalue weighted by Crippen LogP contribution is 2.33. The van der Waals surface area contributed by atoms with Crippen molar-refractivity contribution in [3.63, 3.8) is 0 Å². The van der Waals surface area contributed by atoms with Crippen molar-refractivity contribution in [2.24, 2.45) is 0 Å². The van der Waals surface area contributed by atoms with Gasteiger partial charge >= 0.3 is 0 Å². The van der Waals surface area contributed by atoms with Crippen molar-refractivity contribution in [1.29, 1.82) is 0 Å². The first-order valence-corrected chi connectivity index (χ1v) is 14.2. The number of sulfone groups is 1. The molecule has 0 aliphatic heterocycles. The van der Waals surface area contributed by atoms with Crippen LogP contribution in [0, 0.1) is 6.92 Å². The molecule has 0 aromatic heterocycles. The summed E-state index contributed by atoms with van der Waals surface area (Å²) in [6.07, 6.45) is 0. The molecule has 5 aromatic carbocycles. The van der Waals surface area contributed by atoms with Crippen molar-refractivity contribution in [3.05, 3.63) is 127 Å². The van der Waals surface area contributed by atoms with Crippen LogP contribution in [0.15, 0.2) is 141 Å². The van der Waals surface area contributed by atoms with Gasteiger partial charge in [-0.05, 0) is 104 Å². The Labute approximate surface area is 226 Å². The third-order valence-corrected chi connectivity index (χ3v) is 8.48. The van der Waals surface area contributed by atoms with Crippen LogP contribution in [0.3, 0.4) is 0 Å². The Morgan fingerprint density at radius 3 is 1.53 bits per heavy atom. The van der Waals surface area contributed by atoms with E-state index in [1.54, 1.807) is 66.4 Å². The summed E-state index contributed by atoms with van der Waals surface area (Å²) in [5.74, 6) is 2.66. The maximum Gasteiger partial charge on any atom is 0.206 e. The van der Waals surface area contributed by atoms with Crippen molar-refractivity contribution in [2.75, 3.05) is 5.73 Å². The summed E-state index contributed by atoms with van der Waals surface area (Å²) >= 11 is 1.63. The van der Waals surface area contributed by atoms with Crippen molar-refractivity contribution in [3.8, 4) is 23.0 Å². The summed E-state index contributed by atoms with van der Waals surface area (Å²) in [5.41, 5.74) is 7.47. The van der Waals surface area contributed by atoms with Gasteiger partial charge in [-0.1, -0.05) is 35.5 Å². The Kier molecular flexibility index (Phi) is 7.40. The van der Waals surface area contributed by atoms with Crippen molar-refractivity contribution in [2.45, 2.75) is 26.5 Å². The minimum atomic E-state index is -3.57. The van der Waals surface area contributed by atoms with E-state index in [0.29, 0.717) is 22.9 Å². The van der Waals surface area contributed by atoms with Gasteiger partial charge in [-0.25, -0.2) is 8.42 Å². The Hall–Kier alpha value is -4.20. The third kappa shape index (κ3) is 6.19. The van der Waals surface area contributed by atoms with Gasteiger partial charge in [-0.2, -0.15) is 0 Å². The lowest BCUT2D eigenvalue weighted by Gasteiger charge is -2.09. The monoisotopic (exact) mass is 539 g/mol. The lowest BCUT2D eigenvalue weighted by Crippen LogP contribution is -2.01. The zero-order valence-corrected chi connectivity index (χ0v) is 22.2. The number of aryl methyl sites for hydroxylation is 1. The summed E-state index contributed by atoms with van der Waals surface area (Å²) in [4.78, 5) is 2.63. The van der Waals surface area contributed by atoms with Gasteiger partial charge in [0.1, 0.15) is 23.0 Å². The van der Waals surface area contributed by atoms with Crippen LogP contribution >= 0.6 is 11.8 Å². The molecule has 190 valence electrons. The predicted octanol–water partition coefficient (Wildman–Crippen LogP) is 8.15. The van der Waals surface area contributed by atoms with Crippen molar-refractivity contribution < 1.29 is 17.9 Å². The highest BCUT2D eigenvalue weighted by Gasteiger charge is 2.17. The van der Waals surface area contributed by atoms with Crippen LogP contribution in [0.1, 0.15) is 5.56 Å². The van der Waals surface area contributed by atoms with E-state index < -0.39 is 9.84 Å². The molecule has 0 unspecified atom stereocenters. The fourth-order valence-electron chi connectivity index (χ4n) is 3.68. The smallest absolute Gasteiger partial charge is 0.206 e. The lowest BCUT2D eigenvalue weighted by atomic mass is 10.2. The van der Waals surface area contributed by atoms with Gasteiger partial charge in [0.15, 0.2) is 0 Å². The molecule has 0 bridgehead atoms. The number of rotatable bonds is 8. The van der Waals surface area contributed by atoms with Gasteiger partial charge in [0.05, 0.1) is 9.79 Å². The Balaban J connectivity index is 1.19. The quantitative estimate of drug-likeness (QED) is 0.201. The Morgan fingerprint density at radius 2 is 1.03 bits per heavy atom. The Bertz CT molecular complexity index is 1630. The minimum absolute atomic E-state index is 0.227. The van der Waals surface area contributed by atoms with E-state index in [9.17, 15) is 8.42 Å². The highest BCUT2D eigenvalue weighted by molar-refractivity contribution is 7.99. The number of anilines is 1. The van der Waals surface area contributed by atoms with E-state index in [1.807, 2.05) is 73.7 Å². The molecular weight excluding hydrogens is 514 g/mol. The van der Waals surface area contributed by atoms with Crippen LogP contribution in [0.4, 0.5) is 5.69 Å². The molecule has 0 spiro atoms. The molecule has 0 atom stereocenters. The van der Waals surface area contributed by atoms with Gasteiger partial charge < -0.3 is 15.2 Å². The molecule has 38 heavy (non-hydrogen) atoms. The van der Waals surface area contributed by atoms with Crippen LogP contribution in [0.2, 0.25) is 0 Å². The molecule has 0 aliphatic rings. The third-order valence-electron chi connectivity index (χ3n) is 5.68. The van der Waals surface area contributed by atoms with E-state index in [0.717, 1.165) is 21.1 Å². The SMILES string of the molecule is Cc1ccc(S(=O)(=O)c2ccc(Oc3ccc(Sc4ccc(Oc5cccc(N)c5)cc4)cc3)cc2)cc1. The molecule has 5 nitrogen and oxygen atoms in total. The number of benzene rings is 5. The first kappa shape index (κ1) is 25.4. The first-order chi connectivity index (χ1) is 18.3. The first-order valence-electron chi connectivity index (χ1n) is 11.9. The number of ether oxygens (including phenoxy) is 2. The van der Waals surface area contributed by atoms with Crippen LogP contribution in [-0.4, -0.2) is 8.42 Å². The molecule has 0 heterocycles. The molecule has 0 fully saturated rings. The van der Waals surface area contributed by atoms with E-state index in [-0.39, 0.29) is 9.79 Å². The molecular formula is C31H25NO4S2. The largest absolute Gasteiger partial charge is 0.457 e. The van der Waals surface area contributed by atoms with Gasteiger partial charge in [0.25, 0.3) is 0 Å². The van der Waals surface area contributed by atoms with Crippen LogP contribution < -0.4 is 15.2 Å². The standard InChI is InChI=1S/C31H25NO4S2/c1-22-5-17-30(18-6-22)38(33,34)31-19-11-26(12-20-31)35-24-7-13-28(14-8-24)37-29-15-9-25(10-16-29)36-27-4-2-3-23(32)21-27/h2-21H,32H2,1H3. The Morgan fingerprint density at radius 1 is 0.579 bits per heavy atom. The summed E-state index contributed by atoms with van der Waals surface area (Å²) in [6, 6.07) is 36.2. The van der Waals surface area contributed by atoms with Crippen LogP contribution in [0.25, 0.3) is 0 Å². The fourth-order valence-corrected chi connectivity index (χ4v) is 5.76. The molecule has 0 radical (unpaired) electrons. The summed E-state index contributed by atoms with van der Waals surface area (Å²) in [6.45, 7) is 1.92. The lowest BCUT2D eigenvalue weighted by molar-refractivity contribution is 0.481. The fraction of sp³-hybridized carbons (Fsp3) is 0.0323. The number of nitrogen functional groups attached to an aromatic ring is 1. The zero-order valence-electron chi connectivity index (χ0n) is 20.6. The highest BCUT2D eigenvalue weighted by atomic mass is 32.2. The van der Waals surface area contributed by atoms with Crippen LogP contribution in [-0.2, 0) is 9.84 Å². The molecule has 0 saturated carbocycles. The van der Waals surface area contributed by atoms with E-state index in [2.05, 4.69) is 0 Å². The normalized spacial score (nSPS) is 11.2. The predicted molar refractivity (Wildman–Crippen MR) is 151 cm³/mol. The zero-order chi connectivity index (χ0) is 26.5. The average molecular weight is 540 g/mol. The summed E-state index contributed by atoms with van der Waals surface area (Å²) in [5, 5.41) is 0. The van der Waals surface area contributed by atoms with Crippen molar-refractivity contribution in [1.82, 2.24) is 0 Å². The molecule has 5 rings (SSSR count). The molecule has 0 saturated heterocycles.